The molecule has 8 atom stereocenters. The zero-order valence-corrected chi connectivity index (χ0v) is 21.7. The molecule has 0 aromatic rings. The molecule has 0 nitrogen and oxygen atoms in total. The van der Waals surface area contributed by atoms with Gasteiger partial charge in [0.05, 0.1) is 0 Å². The Balaban J connectivity index is 1.43. The fraction of sp³-hybridized carbons (Fsp3) is 0.871. The van der Waals surface area contributed by atoms with E-state index in [1.807, 2.05) is 5.57 Å². The van der Waals surface area contributed by atoms with Gasteiger partial charge in [-0.3, -0.25) is 0 Å². The fourth-order valence-electron chi connectivity index (χ4n) is 10.9. The predicted octanol–water partition coefficient (Wildman–Crippen LogP) is 9.36. The van der Waals surface area contributed by atoms with Crippen LogP contribution in [0, 0.1) is 51.2 Å². The van der Waals surface area contributed by atoms with Crippen molar-refractivity contribution >= 4 is 0 Å². The molecule has 0 N–H and O–H groups in total. The van der Waals surface area contributed by atoms with Gasteiger partial charge in [0.2, 0.25) is 0 Å². The van der Waals surface area contributed by atoms with E-state index in [-0.39, 0.29) is 0 Å². The Hall–Kier alpha value is -0.520. The summed E-state index contributed by atoms with van der Waals surface area (Å²) in [5.74, 6) is 4.48. The van der Waals surface area contributed by atoms with Gasteiger partial charge in [0, 0.05) is 0 Å². The molecule has 0 heteroatoms. The predicted molar refractivity (Wildman–Crippen MR) is 134 cm³/mol. The quantitative estimate of drug-likeness (QED) is 0.389. The van der Waals surface area contributed by atoms with Gasteiger partial charge in [-0.25, -0.2) is 0 Å². The number of hydrogen-bond acceptors (Lipinski definition) is 0. The van der Waals surface area contributed by atoms with Crippen LogP contribution in [-0.4, -0.2) is 0 Å². The standard InChI is InChI=1S/C31H50/c1-21(2)22-9-11-23(12-10-22)24-15-19-30(6)25(24)13-14-27-29(5)18-8-17-28(3,4)26(29)16-20-31(27,30)7/h11,22,24-27H,1,8-10,12-20H2,2-7H3/t22?,24-,25+,26-,27+,29-,30+,31+/m0/s1. The van der Waals surface area contributed by atoms with Crippen molar-refractivity contribution in [3.63, 3.8) is 0 Å². The molecular formula is C31H50. The van der Waals surface area contributed by atoms with Crippen molar-refractivity contribution in [2.75, 3.05) is 0 Å². The van der Waals surface area contributed by atoms with Crippen LogP contribution in [-0.2, 0) is 0 Å². The van der Waals surface area contributed by atoms with E-state index in [0.717, 1.165) is 29.6 Å². The highest BCUT2D eigenvalue weighted by molar-refractivity contribution is 5.23. The lowest BCUT2D eigenvalue weighted by molar-refractivity contribution is -0.201. The van der Waals surface area contributed by atoms with Crippen LogP contribution in [0.4, 0.5) is 0 Å². The molecule has 0 heterocycles. The highest BCUT2D eigenvalue weighted by Crippen LogP contribution is 2.75. The summed E-state index contributed by atoms with van der Waals surface area (Å²) < 4.78 is 0. The molecule has 0 radical (unpaired) electrons. The summed E-state index contributed by atoms with van der Waals surface area (Å²) in [6.45, 7) is 20.0. The van der Waals surface area contributed by atoms with Gasteiger partial charge >= 0.3 is 0 Å². The third-order valence-corrected chi connectivity index (χ3v) is 12.8. The largest absolute Gasteiger partial charge is 0.0998 e. The molecule has 4 saturated carbocycles. The summed E-state index contributed by atoms with van der Waals surface area (Å²) in [4.78, 5) is 0. The van der Waals surface area contributed by atoms with E-state index in [9.17, 15) is 0 Å². The molecule has 1 unspecified atom stereocenters. The van der Waals surface area contributed by atoms with Crippen molar-refractivity contribution in [3.05, 3.63) is 23.8 Å². The van der Waals surface area contributed by atoms with Gasteiger partial charge in [-0.05, 0) is 129 Å². The third kappa shape index (κ3) is 3.05. The number of fused-ring (bicyclic) bond motifs is 5. The fourth-order valence-corrected chi connectivity index (χ4v) is 10.9. The lowest BCUT2D eigenvalue weighted by atomic mass is 9.35. The highest BCUT2D eigenvalue weighted by atomic mass is 14.7. The molecule has 0 amide bonds. The maximum Gasteiger partial charge on any atom is -0.0169 e. The van der Waals surface area contributed by atoms with E-state index in [1.165, 1.54) is 82.6 Å². The zero-order valence-electron chi connectivity index (χ0n) is 21.7. The highest BCUT2D eigenvalue weighted by Gasteiger charge is 2.67. The normalized spacial score (nSPS) is 51.3. The molecule has 4 fully saturated rings. The van der Waals surface area contributed by atoms with Crippen molar-refractivity contribution in [1.29, 1.82) is 0 Å². The Kier molecular flexibility index (Phi) is 5.20. The van der Waals surface area contributed by atoms with E-state index < -0.39 is 0 Å². The first-order valence-electron chi connectivity index (χ1n) is 13.9. The zero-order chi connectivity index (χ0) is 22.2. The van der Waals surface area contributed by atoms with E-state index in [0.29, 0.717) is 21.7 Å². The van der Waals surface area contributed by atoms with E-state index in [1.54, 1.807) is 0 Å². The smallest absolute Gasteiger partial charge is 0.0169 e. The van der Waals surface area contributed by atoms with Crippen LogP contribution in [0.5, 0.6) is 0 Å². The maximum absolute atomic E-state index is 4.25. The van der Waals surface area contributed by atoms with Crippen LogP contribution in [0.2, 0.25) is 0 Å². The van der Waals surface area contributed by atoms with Gasteiger partial charge in [0.25, 0.3) is 0 Å². The summed E-state index contributed by atoms with van der Waals surface area (Å²) in [6.07, 6.45) is 20.0. The summed E-state index contributed by atoms with van der Waals surface area (Å²) in [7, 11) is 0. The Morgan fingerprint density at radius 2 is 1.58 bits per heavy atom. The molecule has 0 aromatic carbocycles. The molecule has 0 spiro atoms. The SMILES string of the molecule is C=C(C)C1CC=C([C@@H]2CC[C@]3(C)[C@@H]2CC[C@@H]2[C@@]4(C)CCCC(C)(C)[C@@H]4CC[C@]23C)CC1. The van der Waals surface area contributed by atoms with Crippen molar-refractivity contribution in [2.45, 2.75) is 119 Å². The molecule has 31 heavy (non-hydrogen) atoms. The van der Waals surface area contributed by atoms with Crippen molar-refractivity contribution in [1.82, 2.24) is 0 Å². The molecule has 174 valence electrons. The van der Waals surface area contributed by atoms with Crippen LogP contribution in [0.3, 0.4) is 0 Å². The van der Waals surface area contributed by atoms with Gasteiger partial charge in [0.15, 0.2) is 0 Å². The second-order valence-corrected chi connectivity index (χ2v) is 14.3. The first kappa shape index (κ1) is 22.3. The van der Waals surface area contributed by atoms with Crippen LogP contribution >= 0.6 is 0 Å². The van der Waals surface area contributed by atoms with E-state index in [4.69, 9.17) is 0 Å². The molecule has 0 bridgehead atoms. The van der Waals surface area contributed by atoms with Crippen molar-refractivity contribution in [3.8, 4) is 0 Å². The minimum atomic E-state index is 0.553. The topological polar surface area (TPSA) is 0 Å². The molecule has 0 aromatic heterocycles. The molecule has 5 aliphatic carbocycles. The Bertz CT molecular complexity index is 769. The molecule has 5 aliphatic rings. The third-order valence-electron chi connectivity index (χ3n) is 12.8. The lowest BCUT2D eigenvalue weighted by Crippen LogP contribution is -2.62. The maximum atomic E-state index is 4.25. The molecule has 0 saturated heterocycles. The first-order valence-corrected chi connectivity index (χ1v) is 13.9. The van der Waals surface area contributed by atoms with Crippen LogP contribution < -0.4 is 0 Å². The minimum absolute atomic E-state index is 0.553. The van der Waals surface area contributed by atoms with Gasteiger partial charge in [-0.15, -0.1) is 0 Å². The van der Waals surface area contributed by atoms with E-state index in [2.05, 4.69) is 54.2 Å². The van der Waals surface area contributed by atoms with Crippen LogP contribution in [0.1, 0.15) is 119 Å². The summed E-state index contributed by atoms with van der Waals surface area (Å²) in [5.41, 5.74) is 5.50. The first-order chi connectivity index (χ1) is 14.5. The van der Waals surface area contributed by atoms with Crippen molar-refractivity contribution in [2.24, 2.45) is 51.2 Å². The Morgan fingerprint density at radius 1 is 0.839 bits per heavy atom. The van der Waals surface area contributed by atoms with E-state index >= 15 is 0 Å². The number of rotatable bonds is 2. The lowest BCUT2D eigenvalue weighted by Gasteiger charge is -2.69. The van der Waals surface area contributed by atoms with Gasteiger partial charge in [0.1, 0.15) is 0 Å². The number of allylic oxidation sites excluding steroid dienone is 3. The summed E-state index contributed by atoms with van der Waals surface area (Å²) >= 11 is 0. The van der Waals surface area contributed by atoms with Crippen molar-refractivity contribution < 1.29 is 0 Å². The average molecular weight is 423 g/mol. The van der Waals surface area contributed by atoms with Gasteiger partial charge in [-0.2, -0.15) is 0 Å². The second kappa shape index (κ2) is 7.24. The Labute approximate surface area is 193 Å². The van der Waals surface area contributed by atoms with Crippen LogP contribution in [0.15, 0.2) is 23.8 Å². The van der Waals surface area contributed by atoms with Gasteiger partial charge in [-0.1, -0.05) is 64.8 Å². The van der Waals surface area contributed by atoms with Gasteiger partial charge < -0.3 is 0 Å². The monoisotopic (exact) mass is 422 g/mol. The molecular weight excluding hydrogens is 372 g/mol. The summed E-state index contributed by atoms with van der Waals surface area (Å²) in [6, 6.07) is 0. The Morgan fingerprint density at radius 3 is 2.26 bits per heavy atom. The minimum Gasteiger partial charge on any atom is -0.0998 e. The molecule has 5 rings (SSSR count). The average Bonchev–Trinajstić information content (AvgIpc) is 3.06. The van der Waals surface area contributed by atoms with Crippen LogP contribution in [0.25, 0.3) is 0 Å². The second-order valence-electron chi connectivity index (χ2n) is 14.3. The number of hydrogen-bond donors (Lipinski definition) is 0. The summed E-state index contributed by atoms with van der Waals surface area (Å²) in [5, 5.41) is 0. The molecule has 0 aliphatic heterocycles.